The first-order valence-electron chi connectivity index (χ1n) is 8.80. The molecule has 0 aromatic heterocycles. The maximum absolute atomic E-state index is 14.4. The minimum Gasteiger partial charge on any atom is -0.383 e. The van der Waals surface area contributed by atoms with Gasteiger partial charge >= 0.3 is 0 Å². The van der Waals surface area contributed by atoms with Crippen molar-refractivity contribution in [1.82, 2.24) is 0 Å². The van der Waals surface area contributed by atoms with Crippen LogP contribution in [0.2, 0.25) is 0 Å². The van der Waals surface area contributed by atoms with E-state index in [2.05, 4.69) is 5.32 Å². The highest BCUT2D eigenvalue weighted by Crippen LogP contribution is 2.26. The number of halogens is 1. The van der Waals surface area contributed by atoms with Gasteiger partial charge in [-0.2, -0.15) is 0 Å². The van der Waals surface area contributed by atoms with E-state index in [4.69, 9.17) is 4.74 Å². The van der Waals surface area contributed by atoms with Crippen LogP contribution in [0, 0.1) is 15.9 Å². The zero-order chi connectivity index (χ0) is 20.1. The van der Waals surface area contributed by atoms with E-state index in [9.17, 15) is 19.3 Å². The van der Waals surface area contributed by atoms with Crippen LogP contribution in [-0.4, -0.2) is 44.1 Å². The van der Waals surface area contributed by atoms with Crippen LogP contribution in [0.25, 0.3) is 6.08 Å². The number of benzene rings is 2. The number of rotatable bonds is 6. The van der Waals surface area contributed by atoms with E-state index in [-0.39, 0.29) is 17.0 Å². The highest BCUT2D eigenvalue weighted by Gasteiger charge is 2.16. The Morgan fingerprint density at radius 3 is 2.64 bits per heavy atom. The summed E-state index contributed by atoms with van der Waals surface area (Å²) in [5.74, 6) is -0.845. The number of morpholine rings is 1. The molecule has 1 N–H and O–H groups in total. The number of carbonyl (C=O) groups excluding carboxylic acids is 1. The van der Waals surface area contributed by atoms with Crippen molar-refractivity contribution < 1.29 is 18.8 Å². The second-order valence-corrected chi connectivity index (χ2v) is 6.25. The fourth-order valence-electron chi connectivity index (χ4n) is 3.00. The quantitative estimate of drug-likeness (QED) is 0.355. The summed E-state index contributed by atoms with van der Waals surface area (Å²) < 4.78 is 19.7. The summed E-state index contributed by atoms with van der Waals surface area (Å²) in [6.07, 6.45) is 2.75. The second kappa shape index (κ2) is 8.62. The van der Waals surface area contributed by atoms with E-state index in [0.717, 1.165) is 0 Å². The molecule has 0 saturated carbocycles. The average Bonchev–Trinajstić information content (AvgIpc) is 2.72. The number of anilines is 2. The van der Waals surface area contributed by atoms with Gasteiger partial charge in [-0.25, -0.2) is 4.39 Å². The molecule has 0 bridgehead atoms. The third-order valence-electron chi connectivity index (χ3n) is 4.50. The van der Waals surface area contributed by atoms with Gasteiger partial charge in [-0.05, 0) is 35.9 Å². The summed E-state index contributed by atoms with van der Waals surface area (Å²) in [6, 6.07) is 8.98. The number of hydrogen-bond donors (Lipinski definition) is 1. The standard InChI is InChI=1S/C20H20FN3O4/c1-22-17-5-2-14(12-19(17)24(26)27)3-7-20(25)15-4-6-18(16(21)13-15)23-8-10-28-11-9-23/h2-7,12-13,22H,8-11H2,1H3/b7-3+. The van der Waals surface area contributed by atoms with Crippen molar-refractivity contribution in [3.63, 3.8) is 0 Å². The Kier molecular flexibility index (Phi) is 6.00. The first-order valence-corrected chi connectivity index (χ1v) is 8.80. The van der Waals surface area contributed by atoms with Gasteiger partial charge in [0.1, 0.15) is 11.5 Å². The monoisotopic (exact) mass is 385 g/mol. The highest BCUT2D eigenvalue weighted by molar-refractivity contribution is 6.07. The molecule has 28 heavy (non-hydrogen) atoms. The van der Waals surface area contributed by atoms with Crippen molar-refractivity contribution in [2.24, 2.45) is 0 Å². The molecule has 7 nitrogen and oxygen atoms in total. The van der Waals surface area contributed by atoms with Gasteiger partial charge in [-0.3, -0.25) is 14.9 Å². The number of ether oxygens (including phenoxy) is 1. The normalized spacial score (nSPS) is 14.3. The third-order valence-corrected chi connectivity index (χ3v) is 4.50. The van der Waals surface area contributed by atoms with Crippen molar-refractivity contribution in [2.45, 2.75) is 0 Å². The minimum absolute atomic E-state index is 0.0852. The topological polar surface area (TPSA) is 84.7 Å². The molecule has 0 spiro atoms. The Morgan fingerprint density at radius 1 is 1.25 bits per heavy atom. The third kappa shape index (κ3) is 4.34. The number of ketones is 1. The molecule has 8 heteroatoms. The van der Waals surface area contributed by atoms with Crippen LogP contribution in [0.5, 0.6) is 0 Å². The van der Waals surface area contributed by atoms with Gasteiger partial charge < -0.3 is 15.0 Å². The summed E-state index contributed by atoms with van der Waals surface area (Å²) in [6.45, 7) is 2.29. The average molecular weight is 385 g/mol. The lowest BCUT2D eigenvalue weighted by molar-refractivity contribution is -0.383. The van der Waals surface area contributed by atoms with E-state index in [0.29, 0.717) is 43.2 Å². The molecular weight excluding hydrogens is 365 g/mol. The fraction of sp³-hybridized carbons (Fsp3) is 0.250. The largest absolute Gasteiger partial charge is 0.383 e. The maximum atomic E-state index is 14.4. The predicted octanol–water partition coefficient (Wildman–Crippen LogP) is 3.51. The summed E-state index contributed by atoms with van der Waals surface area (Å²) >= 11 is 0. The van der Waals surface area contributed by atoms with E-state index in [1.807, 2.05) is 4.90 Å². The molecule has 0 radical (unpaired) electrons. The fourth-order valence-corrected chi connectivity index (χ4v) is 3.00. The number of allylic oxidation sites excluding steroid dienone is 1. The minimum atomic E-state index is -0.495. The van der Waals surface area contributed by atoms with Gasteiger partial charge in [0.05, 0.1) is 23.8 Å². The number of carbonyl (C=O) groups is 1. The Labute approximate surface area is 161 Å². The lowest BCUT2D eigenvalue weighted by atomic mass is 10.1. The molecule has 1 fully saturated rings. The summed E-state index contributed by atoms with van der Waals surface area (Å²) in [4.78, 5) is 24.9. The Bertz CT molecular complexity index is 924. The lowest BCUT2D eigenvalue weighted by Gasteiger charge is -2.29. The SMILES string of the molecule is CNc1ccc(/C=C/C(=O)c2ccc(N3CCOCC3)c(F)c2)cc1[N+](=O)[O-]. The summed E-state index contributed by atoms with van der Waals surface area (Å²) in [7, 11) is 1.59. The summed E-state index contributed by atoms with van der Waals surface area (Å²) in [5.41, 5.74) is 1.46. The summed E-state index contributed by atoms with van der Waals surface area (Å²) in [5, 5.41) is 13.9. The van der Waals surface area contributed by atoms with Crippen molar-refractivity contribution in [3.8, 4) is 0 Å². The van der Waals surface area contributed by atoms with E-state index < -0.39 is 10.7 Å². The highest BCUT2D eigenvalue weighted by atomic mass is 19.1. The number of hydrogen-bond acceptors (Lipinski definition) is 6. The maximum Gasteiger partial charge on any atom is 0.292 e. The Morgan fingerprint density at radius 2 is 2.00 bits per heavy atom. The smallest absolute Gasteiger partial charge is 0.292 e. The molecule has 0 atom stereocenters. The molecular formula is C20H20FN3O4. The molecule has 0 aliphatic carbocycles. The van der Waals surface area contributed by atoms with Crippen molar-refractivity contribution in [2.75, 3.05) is 43.6 Å². The van der Waals surface area contributed by atoms with Crippen molar-refractivity contribution in [3.05, 3.63) is 69.5 Å². The van der Waals surface area contributed by atoms with Crippen LogP contribution >= 0.6 is 0 Å². The van der Waals surface area contributed by atoms with Crippen LogP contribution in [0.15, 0.2) is 42.5 Å². The first kappa shape index (κ1) is 19.5. The Balaban J connectivity index is 1.76. The van der Waals surface area contributed by atoms with Crippen molar-refractivity contribution in [1.29, 1.82) is 0 Å². The molecule has 146 valence electrons. The molecule has 2 aromatic carbocycles. The van der Waals surface area contributed by atoms with Gasteiger partial charge in [0.25, 0.3) is 5.69 Å². The number of nitro groups is 1. The van der Waals surface area contributed by atoms with Gasteiger partial charge in [0.2, 0.25) is 0 Å². The van der Waals surface area contributed by atoms with Crippen LogP contribution in [0.3, 0.4) is 0 Å². The van der Waals surface area contributed by atoms with E-state index >= 15 is 0 Å². The van der Waals surface area contributed by atoms with Crippen LogP contribution in [0.4, 0.5) is 21.5 Å². The van der Waals surface area contributed by atoms with E-state index in [1.165, 1.54) is 24.3 Å². The van der Waals surface area contributed by atoms with Gasteiger partial charge in [-0.15, -0.1) is 0 Å². The molecule has 0 amide bonds. The number of nitro benzene ring substituents is 1. The predicted molar refractivity (Wildman–Crippen MR) is 105 cm³/mol. The zero-order valence-corrected chi connectivity index (χ0v) is 15.4. The Hall–Kier alpha value is -3.26. The first-order chi connectivity index (χ1) is 13.5. The van der Waals surface area contributed by atoms with Crippen LogP contribution in [-0.2, 0) is 4.74 Å². The second-order valence-electron chi connectivity index (χ2n) is 6.25. The van der Waals surface area contributed by atoms with E-state index in [1.54, 1.807) is 31.3 Å². The number of nitrogens with zero attached hydrogens (tertiary/aromatic N) is 2. The molecule has 0 unspecified atom stereocenters. The molecule has 1 aliphatic heterocycles. The number of nitrogens with one attached hydrogen (secondary N) is 1. The van der Waals surface area contributed by atoms with Crippen LogP contribution < -0.4 is 10.2 Å². The van der Waals surface area contributed by atoms with Gasteiger partial charge in [0, 0.05) is 31.8 Å². The lowest BCUT2D eigenvalue weighted by Crippen LogP contribution is -2.36. The molecule has 3 rings (SSSR count). The molecule has 1 saturated heterocycles. The molecule has 2 aromatic rings. The zero-order valence-electron chi connectivity index (χ0n) is 15.4. The van der Waals surface area contributed by atoms with Gasteiger partial charge in [0.15, 0.2) is 5.78 Å². The molecule has 1 heterocycles. The van der Waals surface area contributed by atoms with Crippen molar-refractivity contribution >= 4 is 28.9 Å². The molecule has 1 aliphatic rings. The van der Waals surface area contributed by atoms with Gasteiger partial charge in [-0.1, -0.05) is 12.1 Å². The van der Waals surface area contributed by atoms with Crippen LogP contribution in [0.1, 0.15) is 15.9 Å².